The number of benzene rings is 1. The number of esters is 1. The van der Waals surface area contributed by atoms with Gasteiger partial charge in [-0.3, -0.25) is 4.79 Å². The molecular weight excluding hydrogens is 322 g/mol. The summed E-state index contributed by atoms with van der Waals surface area (Å²) in [5.41, 5.74) is 0.790. The average Bonchev–Trinajstić information content (AvgIpc) is 2.82. The Kier molecular flexibility index (Phi) is 6.86. The van der Waals surface area contributed by atoms with Gasteiger partial charge in [0.15, 0.2) is 17.6 Å². The Bertz CT molecular complexity index is 639. The normalized spacial score (nSPS) is 14.9. The maximum atomic E-state index is 11.9. The zero-order valence-electron chi connectivity index (χ0n) is 14.9. The van der Waals surface area contributed by atoms with Crippen LogP contribution >= 0.6 is 0 Å². The van der Waals surface area contributed by atoms with E-state index < -0.39 is 12.1 Å². The minimum absolute atomic E-state index is 0.300. The van der Waals surface area contributed by atoms with Gasteiger partial charge in [0.05, 0.1) is 13.2 Å². The fourth-order valence-electron chi connectivity index (χ4n) is 2.16. The lowest BCUT2D eigenvalue weighted by atomic mass is 10.2. The molecule has 0 saturated carbocycles. The van der Waals surface area contributed by atoms with Gasteiger partial charge in [-0.2, -0.15) is 0 Å². The molecule has 1 heterocycles. The zero-order valence-corrected chi connectivity index (χ0v) is 14.9. The fourth-order valence-corrected chi connectivity index (χ4v) is 2.16. The summed E-state index contributed by atoms with van der Waals surface area (Å²) in [6, 6.07) is 5.45. The molecule has 0 unspecified atom stereocenters. The summed E-state index contributed by atoms with van der Waals surface area (Å²) in [6.45, 7) is 7.32. The van der Waals surface area contributed by atoms with Gasteiger partial charge < -0.3 is 19.5 Å². The Morgan fingerprint density at radius 1 is 1.20 bits per heavy atom. The zero-order chi connectivity index (χ0) is 18.2. The third-order valence-electron chi connectivity index (χ3n) is 3.53. The number of fused-ring (bicyclic) bond motifs is 1. The Balaban J connectivity index is 1.89. The summed E-state index contributed by atoms with van der Waals surface area (Å²) in [4.78, 5) is 23.7. The van der Waals surface area contributed by atoms with Gasteiger partial charge in [-0.05, 0) is 36.6 Å². The van der Waals surface area contributed by atoms with Gasteiger partial charge in [0.1, 0.15) is 0 Å². The van der Waals surface area contributed by atoms with E-state index in [1.165, 1.54) is 6.08 Å². The number of carbonyl (C=O) groups is 2. The van der Waals surface area contributed by atoms with E-state index in [4.69, 9.17) is 14.2 Å². The Morgan fingerprint density at radius 3 is 2.64 bits per heavy atom. The molecule has 6 heteroatoms. The quantitative estimate of drug-likeness (QED) is 0.632. The van der Waals surface area contributed by atoms with Gasteiger partial charge in [-0.1, -0.05) is 19.9 Å². The Morgan fingerprint density at radius 2 is 1.92 bits per heavy atom. The SMILES string of the molecule is CC(C)CNC(=O)[C@@H](C)OC(=O)/C=C/c1ccc2c(c1)OCCCO2. The van der Waals surface area contributed by atoms with Gasteiger partial charge in [-0.15, -0.1) is 0 Å². The van der Waals surface area contributed by atoms with Crippen molar-refractivity contribution < 1.29 is 23.8 Å². The van der Waals surface area contributed by atoms with Crippen LogP contribution in [-0.2, 0) is 14.3 Å². The van der Waals surface area contributed by atoms with Crippen molar-refractivity contribution in [1.82, 2.24) is 5.32 Å². The van der Waals surface area contributed by atoms with Gasteiger partial charge in [0.25, 0.3) is 5.91 Å². The highest BCUT2D eigenvalue weighted by Gasteiger charge is 2.16. The lowest BCUT2D eigenvalue weighted by Gasteiger charge is -2.13. The van der Waals surface area contributed by atoms with E-state index in [1.807, 2.05) is 32.0 Å². The molecule has 0 spiro atoms. The van der Waals surface area contributed by atoms with E-state index in [0.717, 1.165) is 12.0 Å². The van der Waals surface area contributed by atoms with Gasteiger partial charge in [-0.25, -0.2) is 4.79 Å². The van der Waals surface area contributed by atoms with Crippen molar-refractivity contribution in [3.63, 3.8) is 0 Å². The van der Waals surface area contributed by atoms with Gasteiger partial charge in [0, 0.05) is 19.0 Å². The number of hydrogen-bond acceptors (Lipinski definition) is 5. The van der Waals surface area contributed by atoms with E-state index in [1.54, 1.807) is 13.0 Å². The highest BCUT2D eigenvalue weighted by Crippen LogP contribution is 2.30. The Labute approximate surface area is 148 Å². The molecule has 136 valence electrons. The van der Waals surface area contributed by atoms with Crippen molar-refractivity contribution in [2.24, 2.45) is 5.92 Å². The lowest BCUT2D eigenvalue weighted by molar-refractivity contribution is -0.150. The number of ether oxygens (including phenoxy) is 3. The lowest BCUT2D eigenvalue weighted by Crippen LogP contribution is -2.37. The molecule has 25 heavy (non-hydrogen) atoms. The minimum Gasteiger partial charge on any atom is -0.490 e. The molecule has 1 aliphatic rings. The highest BCUT2D eigenvalue weighted by atomic mass is 16.5. The molecule has 0 bridgehead atoms. The van der Waals surface area contributed by atoms with Gasteiger partial charge in [0.2, 0.25) is 0 Å². The second kappa shape index (κ2) is 9.11. The minimum atomic E-state index is -0.834. The predicted molar refractivity (Wildman–Crippen MR) is 94.5 cm³/mol. The van der Waals surface area contributed by atoms with Crippen molar-refractivity contribution in [2.75, 3.05) is 19.8 Å². The van der Waals surface area contributed by atoms with Crippen LogP contribution in [0.5, 0.6) is 11.5 Å². The summed E-state index contributed by atoms with van der Waals surface area (Å²) < 4.78 is 16.3. The molecule has 1 atom stereocenters. The van der Waals surface area contributed by atoms with Crippen LogP contribution < -0.4 is 14.8 Å². The molecule has 1 aliphatic heterocycles. The first-order chi connectivity index (χ1) is 12.0. The first kappa shape index (κ1) is 18.8. The molecule has 2 rings (SSSR count). The number of rotatable bonds is 6. The van der Waals surface area contributed by atoms with E-state index in [9.17, 15) is 9.59 Å². The van der Waals surface area contributed by atoms with Crippen molar-refractivity contribution in [2.45, 2.75) is 33.3 Å². The predicted octanol–water partition coefficient (Wildman–Crippen LogP) is 2.57. The second-order valence-electron chi connectivity index (χ2n) is 6.31. The van der Waals surface area contributed by atoms with Crippen molar-refractivity contribution >= 4 is 18.0 Å². The van der Waals surface area contributed by atoms with Crippen molar-refractivity contribution in [3.05, 3.63) is 29.8 Å². The summed E-state index contributed by atoms with van der Waals surface area (Å²) in [7, 11) is 0. The molecular formula is C19H25NO5. The molecule has 0 fully saturated rings. The van der Waals surface area contributed by atoms with E-state index >= 15 is 0 Å². The molecule has 0 saturated heterocycles. The van der Waals surface area contributed by atoms with Crippen LogP contribution in [0, 0.1) is 5.92 Å². The van der Waals surface area contributed by atoms with Crippen LogP contribution in [0.15, 0.2) is 24.3 Å². The van der Waals surface area contributed by atoms with Crippen LogP contribution in [-0.4, -0.2) is 37.7 Å². The van der Waals surface area contributed by atoms with Crippen LogP contribution in [0.1, 0.15) is 32.8 Å². The third kappa shape index (κ3) is 6.14. The molecule has 1 amide bonds. The smallest absolute Gasteiger partial charge is 0.331 e. The monoisotopic (exact) mass is 347 g/mol. The van der Waals surface area contributed by atoms with Crippen LogP contribution in [0.2, 0.25) is 0 Å². The molecule has 0 aromatic heterocycles. The van der Waals surface area contributed by atoms with Crippen molar-refractivity contribution in [1.29, 1.82) is 0 Å². The summed E-state index contributed by atoms with van der Waals surface area (Å²) in [5, 5.41) is 2.73. The average molecular weight is 347 g/mol. The number of hydrogen-bond donors (Lipinski definition) is 1. The maximum Gasteiger partial charge on any atom is 0.331 e. The first-order valence-electron chi connectivity index (χ1n) is 8.51. The van der Waals surface area contributed by atoms with Gasteiger partial charge >= 0.3 is 5.97 Å². The summed E-state index contributed by atoms with van der Waals surface area (Å²) in [6.07, 6.45) is 2.92. The van der Waals surface area contributed by atoms with Crippen molar-refractivity contribution in [3.8, 4) is 11.5 Å². The summed E-state index contributed by atoms with van der Waals surface area (Å²) in [5.74, 6) is 0.832. The molecule has 6 nitrogen and oxygen atoms in total. The van der Waals surface area contributed by atoms with E-state index in [-0.39, 0.29) is 5.91 Å². The summed E-state index contributed by atoms with van der Waals surface area (Å²) >= 11 is 0. The highest BCUT2D eigenvalue weighted by molar-refractivity contribution is 5.90. The fraction of sp³-hybridized carbons (Fsp3) is 0.474. The number of amides is 1. The molecule has 1 N–H and O–H groups in total. The Hall–Kier alpha value is -2.50. The van der Waals surface area contributed by atoms with Crippen LogP contribution in [0.4, 0.5) is 0 Å². The van der Waals surface area contributed by atoms with E-state index in [0.29, 0.717) is 37.2 Å². The number of nitrogens with one attached hydrogen (secondary N) is 1. The molecule has 0 aliphatic carbocycles. The third-order valence-corrected chi connectivity index (χ3v) is 3.53. The molecule has 1 aromatic carbocycles. The number of carbonyl (C=O) groups excluding carboxylic acids is 2. The second-order valence-corrected chi connectivity index (χ2v) is 6.31. The largest absolute Gasteiger partial charge is 0.490 e. The molecule has 1 aromatic rings. The maximum absolute atomic E-state index is 11.9. The van der Waals surface area contributed by atoms with Crippen LogP contribution in [0.3, 0.4) is 0 Å². The standard InChI is InChI=1S/C19H25NO5/c1-13(2)12-20-19(22)14(3)25-18(21)8-6-15-5-7-16-17(11-15)24-10-4-9-23-16/h5-8,11,13-14H,4,9-10,12H2,1-3H3,(H,20,22)/b8-6+/t14-/m1/s1. The topological polar surface area (TPSA) is 73.9 Å². The van der Waals surface area contributed by atoms with E-state index in [2.05, 4.69) is 5.32 Å². The molecule has 0 radical (unpaired) electrons. The first-order valence-corrected chi connectivity index (χ1v) is 8.51. The van der Waals surface area contributed by atoms with Crippen LogP contribution in [0.25, 0.3) is 6.08 Å².